The van der Waals surface area contributed by atoms with Crippen LogP contribution in [0.15, 0.2) is 47.7 Å². The van der Waals surface area contributed by atoms with E-state index in [-0.39, 0.29) is 10.7 Å². The monoisotopic (exact) mass is 389 g/mol. The van der Waals surface area contributed by atoms with Crippen molar-refractivity contribution in [2.75, 3.05) is 7.11 Å². The molecule has 1 aromatic heterocycles. The zero-order chi connectivity index (χ0) is 18.4. The van der Waals surface area contributed by atoms with Crippen LogP contribution in [0.1, 0.15) is 11.3 Å². The fraction of sp³-hybridized carbons (Fsp3) is 0.125. The molecule has 132 valence electrons. The molecular formula is C16H12Cl2F3N3O. The molecule has 0 unspecified atom stereocenters. The molecule has 0 radical (unpaired) electrons. The Morgan fingerprint density at radius 1 is 1.24 bits per heavy atom. The molecule has 0 bridgehead atoms. The number of hydrogen-bond donors (Lipinski definition) is 1. The Bertz CT molecular complexity index is 790. The third-order valence-corrected chi connectivity index (χ3v) is 3.49. The highest BCUT2D eigenvalue weighted by Crippen LogP contribution is 2.32. The minimum Gasteiger partial charge on any atom is -0.280 e. The Kier molecular flexibility index (Phi) is 6.41. The summed E-state index contributed by atoms with van der Waals surface area (Å²) in [5, 5.41) is 0.393. The van der Waals surface area contributed by atoms with Crippen LogP contribution in [0.3, 0.4) is 0 Å². The average Bonchev–Trinajstić information content (AvgIpc) is 2.56. The highest BCUT2D eigenvalue weighted by atomic mass is 35.5. The van der Waals surface area contributed by atoms with Crippen molar-refractivity contribution in [2.24, 2.45) is 4.99 Å². The Balaban J connectivity index is 2.36. The largest absolute Gasteiger partial charge is 0.417 e. The predicted molar refractivity (Wildman–Crippen MR) is 92.0 cm³/mol. The smallest absolute Gasteiger partial charge is 0.280 e. The van der Waals surface area contributed by atoms with Crippen molar-refractivity contribution in [3.8, 4) is 0 Å². The van der Waals surface area contributed by atoms with Gasteiger partial charge in [-0.1, -0.05) is 23.2 Å². The normalized spacial score (nSPS) is 12.6. The number of nitrogens with one attached hydrogen (secondary N) is 1. The number of nitrogens with zero attached hydrogens (tertiary/aromatic N) is 2. The molecule has 4 nitrogen and oxygen atoms in total. The molecular weight excluding hydrogens is 378 g/mol. The van der Waals surface area contributed by atoms with Crippen LogP contribution in [0, 0.1) is 0 Å². The number of aliphatic imine (C=N–C) groups is 1. The van der Waals surface area contributed by atoms with Gasteiger partial charge in [0.25, 0.3) is 0 Å². The molecule has 1 N–H and O–H groups in total. The average molecular weight is 390 g/mol. The number of alkyl halides is 3. The molecule has 0 saturated carbocycles. The lowest BCUT2D eigenvalue weighted by atomic mass is 10.1. The van der Waals surface area contributed by atoms with E-state index in [0.717, 1.165) is 6.07 Å². The number of hydroxylamine groups is 1. The fourth-order valence-electron chi connectivity index (χ4n) is 1.77. The molecule has 1 heterocycles. The molecule has 2 aromatic rings. The van der Waals surface area contributed by atoms with E-state index in [4.69, 9.17) is 28.0 Å². The Morgan fingerprint density at radius 3 is 2.48 bits per heavy atom. The molecule has 0 aliphatic rings. The third kappa shape index (κ3) is 5.45. The summed E-state index contributed by atoms with van der Waals surface area (Å²) >= 11 is 11.8. The maximum absolute atomic E-state index is 12.7. The van der Waals surface area contributed by atoms with Crippen LogP contribution in [0.5, 0.6) is 0 Å². The molecule has 0 atom stereocenters. The first-order chi connectivity index (χ1) is 11.8. The first-order valence-electron chi connectivity index (χ1n) is 6.82. The highest BCUT2D eigenvalue weighted by Gasteiger charge is 2.31. The fourth-order valence-corrected chi connectivity index (χ4v) is 2.17. The van der Waals surface area contributed by atoms with Gasteiger partial charge in [-0.15, -0.1) is 0 Å². The maximum Gasteiger partial charge on any atom is 0.417 e. The number of pyridine rings is 1. The lowest BCUT2D eigenvalue weighted by Gasteiger charge is -2.10. The Labute approximate surface area is 151 Å². The number of benzene rings is 1. The summed E-state index contributed by atoms with van der Waals surface area (Å²) in [6, 6.07) is 7.49. The summed E-state index contributed by atoms with van der Waals surface area (Å²) < 4.78 is 38.2. The zero-order valence-electron chi connectivity index (χ0n) is 12.8. The van der Waals surface area contributed by atoms with Gasteiger partial charge in [-0.05, 0) is 30.3 Å². The van der Waals surface area contributed by atoms with E-state index in [1.54, 1.807) is 24.3 Å². The summed E-state index contributed by atoms with van der Waals surface area (Å²) in [7, 11) is 1.38. The van der Waals surface area contributed by atoms with Gasteiger partial charge in [0.05, 0.1) is 29.1 Å². The van der Waals surface area contributed by atoms with E-state index in [1.165, 1.54) is 19.5 Å². The van der Waals surface area contributed by atoms with Gasteiger partial charge in [0, 0.05) is 29.2 Å². The Morgan fingerprint density at radius 2 is 1.92 bits per heavy atom. The van der Waals surface area contributed by atoms with Crippen LogP contribution in [0.25, 0.3) is 5.57 Å². The number of allylic oxidation sites excluding steroid dienone is 1. The molecule has 0 aliphatic carbocycles. The van der Waals surface area contributed by atoms with Gasteiger partial charge in [0.2, 0.25) is 0 Å². The van der Waals surface area contributed by atoms with Gasteiger partial charge >= 0.3 is 6.18 Å². The predicted octanol–water partition coefficient (Wildman–Crippen LogP) is 5.30. The van der Waals surface area contributed by atoms with Gasteiger partial charge < -0.3 is 0 Å². The zero-order valence-corrected chi connectivity index (χ0v) is 14.3. The third-order valence-electron chi connectivity index (χ3n) is 2.95. The summed E-state index contributed by atoms with van der Waals surface area (Å²) in [6.45, 7) is 0. The van der Waals surface area contributed by atoms with Crippen LogP contribution >= 0.6 is 23.2 Å². The van der Waals surface area contributed by atoms with Crippen molar-refractivity contribution in [3.63, 3.8) is 0 Å². The van der Waals surface area contributed by atoms with Gasteiger partial charge in [-0.2, -0.15) is 13.2 Å². The van der Waals surface area contributed by atoms with E-state index < -0.39 is 11.7 Å². The van der Waals surface area contributed by atoms with E-state index in [1.807, 2.05) is 0 Å². The van der Waals surface area contributed by atoms with Gasteiger partial charge in [-0.3, -0.25) is 20.3 Å². The van der Waals surface area contributed by atoms with Crippen molar-refractivity contribution >= 4 is 40.7 Å². The van der Waals surface area contributed by atoms with Crippen LogP contribution in [-0.2, 0) is 11.0 Å². The molecule has 1 aromatic carbocycles. The lowest BCUT2D eigenvalue weighted by molar-refractivity contribution is -0.137. The Hall–Kier alpha value is -2.09. The van der Waals surface area contributed by atoms with Gasteiger partial charge in [0.15, 0.2) is 0 Å². The van der Waals surface area contributed by atoms with Gasteiger partial charge in [-0.25, -0.2) is 0 Å². The van der Waals surface area contributed by atoms with Crippen molar-refractivity contribution in [1.29, 1.82) is 0 Å². The first-order valence-corrected chi connectivity index (χ1v) is 7.58. The van der Waals surface area contributed by atoms with Crippen LogP contribution in [-0.4, -0.2) is 18.3 Å². The van der Waals surface area contributed by atoms with E-state index >= 15 is 0 Å². The molecule has 25 heavy (non-hydrogen) atoms. The van der Waals surface area contributed by atoms with Crippen molar-refractivity contribution in [2.45, 2.75) is 6.18 Å². The minimum absolute atomic E-state index is 0.122. The molecule has 2 rings (SSSR count). The van der Waals surface area contributed by atoms with Gasteiger partial charge in [0.1, 0.15) is 0 Å². The standard InChI is InChI=1S/C16H12Cl2F3N3O/c1-25-24-8-10(7-22-13-4-2-12(17)3-5-13)15-14(18)6-11(9-23-15)16(19,20)21/h2-9,24H,1H3. The highest BCUT2D eigenvalue weighted by molar-refractivity contribution is 6.33. The number of hydrogen-bond acceptors (Lipinski definition) is 4. The summed E-state index contributed by atoms with van der Waals surface area (Å²) in [6.07, 6.45) is -1.04. The van der Waals surface area contributed by atoms with E-state index in [2.05, 4.69) is 15.5 Å². The second kappa shape index (κ2) is 8.33. The maximum atomic E-state index is 12.7. The first kappa shape index (κ1) is 19.2. The minimum atomic E-state index is -4.53. The topological polar surface area (TPSA) is 46.5 Å². The van der Waals surface area contributed by atoms with E-state index in [0.29, 0.717) is 22.5 Å². The van der Waals surface area contributed by atoms with Crippen LogP contribution in [0.2, 0.25) is 10.0 Å². The van der Waals surface area contributed by atoms with Crippen molar-refractivity contribution in [3.05, 3.63) is 64.0 Å². The molecule has 0 spiro atoms. The number of aromatic nitrogens is 1. The molecule has 9 heteroatoms. The number of rotatable bonds is 5. The molecule has 0 fully saturated rings. The SMILES string of the molecule is CONC=C(C=Nc1ccc(Cl)cc1)c1ncc(C(F)(F)F)cc1Cl. The lowest BCUT2D eigenvalue weighted by Crippen LogP contribution is -2.08. The quantitative estimate of drug-likeness (QED) is 0.557. The van der Waals surface area contributed by atoms with E-state index in [9.17, 15) is 13.2 Å². The second-order valence-electron chi connectivity index (χ2n) is 4.71. The summed E-state index contributed by atoms with van der Waals surface area (Å²) in [4.78, 5) is 12.7. The number of halogens is 5. The second-order valence-corrected chi connectivity index (χ2v) is 5.55. The van der Waals surface area contributed by atoms with Crippen molar-refractivity contribution in [1.82, 2.24) is 10.5 Å². The molecule has 0 aliphatic heterocycles. The summed E-state index contributed by atoms with van der Waals surface area (Å²) in [5.74, 6) is 0. The van der Waals surface area contributed by atoms with Crippen molar-refractivity contribution < 1.29 is 18.0 Å². The van der Waals surface area contributed by atoms with Crippen LogP contribution < -0.4 is 5.48 Å². The summed E-state index contributed by atoms with van der Waals surface area (Å²) in [5.41, 5.74) is 2.58. The molecule has 0 amide bonds. The van der Waals surface area contributed by atoms with Crippen LogP contribution in [0.4, 0.5) is 18.9 Å². The molecule has 0 saturated heterocycles.